The van der Waals surface area contributed by atoms with Gasteiger partial charge in [-0.3, -0.25) is 0 Å². The minimum absolute atomic E-state index is 0.575. The fraction of sp³-hybridized carbons (Fsp3) is 1.00. The summed E-state index contributed by atoms with van der Waals surface area (Å²) in [5.74, 6) is 0. The van der Waals surface area contributed by atoms with Crippen molar-refractivity contribution in [3.8, 4) is 0 Å². The first kappa shape index (κ1) is 11.0. The molecule has 0 aromatic carbocycles. The van der Waals surface area contributed by atoms with Gasteiger partial charge in [-0.05, 0) is 31.3 Å². The molecule has 1 aliphatic rings. The third-order valence-corrected chi connectivity index (χ3v) is 2.81. The lowest BCUT2D eigenvalue weighted by atomic mass is 10.2. The van der Waals surface area contributed by atoms with Gasteiger partial charge >= 0.3 is 0 Å². The van der Waals surface area contributed by atoms with E-state index in [0.29, 0.717) is 11.5 Å². The Labute approximate surface area is 82.5 Å². The Kier molecular flexibility index (Phi) is 3.74. The molecule has 0 amide bonds. The molecule has 0 saturated heterocycles. The molecule has 1 unspecified atom stereocenters. The molecule has 0 aromatic rings. The average molecular weight is 184 g/mol. The molecule has 1 atom stereocenters. The third kappa shape index (κ3) is 4.10. The van der Waals surface area contributed by atoms with Gasteiger partial charge in [-0.15, -0.1) is 0 Å². The maximum absolute atomic E-state index is 3.58. The summed E-state index contributed by atoms with van der Waals surface area (Å²) < 4.78 is 0. The first-order valence-corrected chi connectivity index (χ1v) is 5.49. The van der Waals surface area contributed by atoms with Crippen LogP contribution in [0.5, 0.6) is 0 Å². The summed E-state index contributed by atoms with van der Waals surface area (Å²) >= 11 is 0. The van der Waals surface area contributed by atoms with Crippen LogP contribution < -0.4 is 10.6 Å². The van der Waals surface area contributed by atoms with Gasteiger partial charge in [0.2, 0.25) is 0 Å². The molecule has 0 radical (unpaired) electrons. The van der Waals surface area contributed by atoms with E-state index < -0.39 is 0 Å². The summed E-state index contributed by atoms with van der Waals surface area (Å²) in [5, 5.41) is 7.00. The minimum atomic E-state index is 0.575. The molecule has 0 aromatic heterocycles. The molecular weight excluding hydrogens is 160 g/mol. The van der Waals surface area contributed by atoms with E-state index in [1.165, 1.54) is 12.8 Å². The second-order valence-corrected chi connectivity index (χ2v) is 5.16. The van der Waals surface area contributed by atoms with Gasteiger partial charge in [-0.1, -0.05) is 27.7 Å². The van der Waals surface area contributed by atoms with Crippen LogP contribution in [0.4, 0.5) is 0 Å². The molecule has 0 heterocycles. The normalized spacial score (nSPS) is 25.2. The molecule has 2 N–H and O–H groups in total. The fourth-order valence-electron chi connectivity index (χ4n) is 1.57. The van der Waals surface area contributed by atoms with Gasteiger partial charge in [-0.2, -0.15) is 0 Å². The number of rotatable bonds is 6. The lowest BCUT2D eigenvalue weighted by Crippen LogP contribution is -2.28. The highest BCUT2D eigenvalue weighted by Crippen LogP contribution is 2.44. The van der Waals surface area contributed by atoms with Crippen LogP contribution in [0, 0.1) is 5.41 Å². The van der Waals surface area contributed by atoms with Crippen LogP contribution in [-0.2, 0) is 0 Å². The molecule has 1 aliphatic carbocycles. The Morgan fingerprint density at radius 3 is 2.38 bits per heavy atom. The Hall–Kier alpha value is -0.0800. The van der Waals surface area contributed by atoms with Crippen LogP contribution in [0.3, 0.4) is 0 Å². The Morgan fingerprint density at radius 1 is 1.31 bits per heavy atom. The topological polar surface area (TPSA) is 24.1 Å². The minimum Gasteiger partial charge on any atom is -0.314 e. The Balaban J connectivity index is 1.86. The smallest absolute Gasteiger partial charge is 0.0124 e. The van der Waals surface area contributed by atoms with E-state index in [1.54, 1.807) is 0 Å². The van der Waals surface area contributed by atoms with E-state index in [1.807, 2.05) is 0 Å². The zero-order valence-corrected chi connectivity index (χ0v) is 9.48. The van der Waals surface area contributed by atoms with Gasteiger partial charge in [0, 0.05) is 12.1 Å². The first-order valence-electron chi connectivity index (χ1n) is 5.49. The van der Waals surface area contributed by atoms with E-state index >= 15 is 0 Å². The first-order chi connectivity index (χ1) is 6.02. The molecule has 2 heteroatoms. The van der Waals surface area contributed by atoms with E-state index in [-0.39, 0.29) is 0 Å². The summed E-state index contributed by atoms with van der Waals surface area (Å²) in [7, 11) is 0. The van der Waals surface area contributed by atoms with Crippen LogP contribution >= 0.6 is 0 Å². The summed E-state index contributed by atoms with van der Waals surface area (Å²) in [6.45, 7) is 11.3. The maximum Gasteiger partial charge on any atom is 0.0124 e. The molecule has 0 spiro atoms. The fourth-order valence-corrected chi connectivity index (χ4v) is 1.57. The third-order valence-electron chi connectivity index (χ3n) is 2.81. The van der Waals surface area contributed by atoms with Crippen LogP contribution in [0.2, 0.25) is 0 Å². The zero-order valence-electron chi connectivity index (χ0n) is 9.48. The zero-order chi connectivity index (χ0) is 9.90. The second kappa shape index (κ2) is 4.43. The Morgan fingerprint density at radius 2 is 1.92 bits per heavy atom. The van der Waals surface area contributed by atoms with E-state index in [2.05, 4.69) is 38.3 Å². The molecule has 13 heavy (non-hydrogen) atoms. The van der Waals surface area contributed by atoms with E-state index in [9.17, 15) is 0 Å². The van der Waals surface area contributed by atoms with Crippen LogP contribution in [0.15, 0.2) is 0 Å². The predicted molar refractivity (Wildman–Crippen MR) is 57.9 cm³/mol. The largest absolute Gasteiger partial charge is 0.314 e. The van der Waals surface area contributed by atoms with Gasteiger partial charge < -0.3 is 10.6 Å². The summed E-state index contributed by atoms with van der Waals surface area (Å²) in [4.78, 5) is 0. The van der Waals surface area contributed by atoms with Gasteiger partial charge in [0.25, 0.3) is 0 Å². The molecule has 1 saturated carbocycles. The molecular formula is C11H24N2. The van der Waals surface area contributed by atoms with Gasteiger partial charge in [0.05, 0.1) is 0 Å². The van der Waals surface area contributed by atoms with Gasteiger partial charge in [-0.25, -0.2) is 0 Å². The van der Waals surface area contributed by atoms with Crippen molar-refractivity contribution in [1.82, 2.24) is 10.6 Å². The molecule has 1 fully saturated rings. The highest BCUT2D eigenvalue weighted by molar-refractivity contribution is 5.01. The lowest BCUT2D eigenvalue weighted by molar-refractivity contribution is 0.510. The van der Waals surface area contributed by atoms with Crippen molar-refractivity contribution in [2.75, 3.05) is 13.1 Å². The average Bonchev–Trinajstić information content (AvgIpc) is 2.58. The van der Waals surface area contributed by atoms with Crippen LogP contribution in [0.25, 0.3) is 0 Å². The second-order valence-electron chi connectivity index (χ2n) is 5.16. The molecule has 2 nitrogen and oxygen atoms in total. The summed E-state index contributed by atoms with van der Waals surface area (Å²) in [6.07, 6.45) is 2.59. The lowest BCUT2D eigenvalue weighted by Gasteiger charge is -2.09. The van der Waals surface area contributed by atoms with Gasteiger partial charge in [0.15, 0.2) is 0 Å². The van der Waals surface area contributed by atoms with Crippen molar-refractivity contribution < 1.29 is 0 Å². The number of nitrogens with one attached hydrogen (secondary N) is 2. The van der Waals surface area contributed by atoms with E-state index in [0.717, 1.165) is 19.1 Å². The molecule has 1 rings (SSSR count). The molecule has 0 aliphatic heterocycles. The highest BCUT2D eigenvalue weighted by Gasteiger charge is 2.44. The number of hydrogen-bond acceptors (Lipinski definition) is 2. The maximum atomic E-state index is 3.58. The molecule has 0 bridgehead atoms. The monoisotopic (exact) mass is 184 g/mol. The van der Waals surface area contributed by atoms with E-state index in [4.69, 9.17) is 0 Å². The van der Waals surface area contributed by atoms with Gasteiger partial charge in [0.1, 0.15) is 0 Å². The van der Waals surface area contributed by atoms with Crippen LogP contribution in [-0.4, -0.2) is 25.2 Å². The van der Waals surface area contributed by atoms with Crippen molar-refractivity contribution >= 4 is 0 Å². The van der Waals surface area contributed by atoms with Crippen molar-refractivity contribution in [2.45, 2.75) is 52.6 Å². The highest BCUT2D eigenvalue weighted by atomic mass is 15.0. The summed E-state index contributed by atoms with van der Waals surface area (Å²) in [6, 6.07) is 1.41. The standard InChI is InChI=1S/C11H24N2/c1-9(2)12-6-5-7-13-10-8-11(10,3)4/h9-10,12-13H,5-8H2,1-4H3. The summed E-state index contributed by atoms with van der Waals surface area (Å²) in [5.41, 5.74) is 0.575. The SMILES string of the molecule is CC(C)NCCCNC1CC1(C)C. The van der Waals surface area contributed by atoms with Crippen molar-refractivity contribution in [3.05, 3.63) is 0 Å². The Bertz CT molecular complexity index is 152. The molecule has 78 valence electrons. The quantitative estimate of drug-likeness (QED) is 0.615. The van der Waals surface area contributed by atoms with Crippen molar-refractivity contribution in [1.29, 1.82) is 0 Å². The van der Waals surface area contributed by atoms with Crippen LogP contribution in [0.1, 0.15) is 40.5 Å². The number of hydrogen-bond donors (Lipinski definition) is 2. The predicted octanol–water partition coefficient (Wildman–Crippen LogP) is 1.76. The van der Waals surface area contributed by atoms with Crippen molar-refractivity contribution in [3.63, 3.8) is 0 Å². The van der Waals surface area contributed by atoms with Crippen molar-refractivity contribution in [2.24, 2.45) is 5.41 Å².